The van der Waals surface area contributed by atoms with Crippen LogP contribution in [0.4, 0.5) is 5.82 Å². The molecular formula is C55H91N4O8P. The van der Waals surface area contributed by atoms with Crippen molar-refractivity contribution in [2.24, 2.45) is 0 Å². The molecule has 0 radical (unpaired) electrons. The summed E-state index contributed by atoms with van der Waals surface area (Å²) in [5.74, 6) is 0.231. The number of fused-ring (bicyclic) bond motifs is 3. The van der Waals surface area contributed by atoms with Gasteiger partial charge in [-0.2, -0.15) is 0 Å². The summed E-state index contributed by atoms with van der Waals surface area (Å²) in [5.41, 5.74) is 8.44. The first-order valence-electron chi connectivity index (χ1n) is 27.0. The van der Waals surface area contributed by atoms with Gasteiger partial charge >= 0.3 is 19.8 Å². The zero-order valence-corrected chi connectivity index (χ0v) is 43.5. The highest BCUT2D eigenvalue weighted by Crippen LogP contribution is 2.43. The molecule has 0 amide bonds. The minimum absolute atomic E-state index is 0.167. The lowest BCUT2D eigenvalue weighted by molar-refractivity contribution is -0.161. The normalized spacial score (nSPS) is 13.3. The number of para-hydroxylation sites is 1. The van der Waals surface area contributed by atoms with Gasteiger partial charge in [-0.15, -0.1) is 0 Å². The van der Waals surface area contributed by atoms with Gasteiger partial charge in [0, 0.05) is 31.2 Å². The van der Waals surface area contributed by atoms with Gasteiger partial charge in [-0.25, -0.2) is 14.5 Å². The molecule has 0 aliphatic rings. The van der Waals surface area contributed by atoms with E-state index in [0.29, 0.717) is 30.6 Å². The number of nitrogens with zero attached hydrogens (tertiary/aromatic N) is 3. The summed E-state index contributed by atoms with van der Waals surface area (Å²) in [4.78, 5) is 45.9. The highest BCUT2D eigenvalue weighted by Gasteiger charge is 2.27. The smallest absolute Gasteiger partial charge is 0.462 e. The molecule has 12 nitrogen and oxygen atoms in total. The molecule has 2 heterocycles. The summed E-state index contributed by atoms with van der Waals surface area (Å²) < 4.78 is 37.3. The molecule has 0 spiro atoms. The number of phosphoric ester groups is 1. The van der Waals surface area contributed by atoms with Gasteiger partial charge in [0.2, 0.25) is 0 Å². The summed E-state index contributed by atoms with van der Waals surface area (Å²) in [6.45, 7) is 5.88. The lowest BCUT2D eigenvalue weighted by atomic mass is 10.1. The SMILES string of the molecule is CCCCCCCC/C=C\CCCCCCCC(=O)OC[C@H](COP(=O)(O)OCCn1c(CCCC)nc2c(N)nc3ccccc3c21)OC(=O)CCCCCCC/C=C\CCCCCCCC. The van der Waals surface area contributed by atoms with Crippen LogP contribution in [-0.2, 0) is 45.6 Å². The van der Waals surface area contributed by atoms with E-state index in [1.807, 2.05) is 28.8 Å². The number of pyridine rings is 1. The minimum atomic E-state index is -4.62. The molecular weight excluding hydrogens is 876 g/mol. The predicted octanol–water partition coefficient (Wildman–Crippen LogP) is 15.2. The van der Waals surface area contributed by atoms with E-state index in [2.05, 4.69) is 50.1 Å². The van der Waals surface area contributed by atoms with E-state index < -0.39 is 32.5 Å². The van der Waals surface area contributed by atoms with Crippen molar-refractivity contribution in [2.75, 3.05) is 25.6 Å². The number of aryl methyl sites for hydroxylation is 1. The number of aromatic nitrogens is 3. The highest BCUT2D eigenvalue weighted by atomic mass is 31.2. The molecule has 0 saturated carbocycles. The molecule has 13 heteroatoms. The number of phosphoric acid groups is 1. The largest absolute Gasteiger partial charge is 0.472 e. The number of nitrogen functional groups attached to an aromatic ring is 1. The second-order valence-electron chi connectivity index (χ2n) is 18.6. The number of hydrogen-bond donors (Lipinski definition) is 2. The first-order chi connectivity index (χ1) is 33.2. The number of carbonyl (C=O) groups excluding carboxylic acids is 2. The van der Waals surface area contributed by atoms with Crippen molar-refractivity contribution in [1.82, 2.24) is 14.5 Å². The molecule has 2 atom stereocenters. The zero-order chi connectivity index (χ0) is 48.9. The van der Waals surface area contributed by atoms with Crippen molar-refractivity contribution < 1.29 is 37.6 Å². The Bertz CT molecular complexity index is 1920. The second kappa shape index (κ2) is 37.3. The molecule has 0 fully saturated rings. The summed E-state index contributed by atoms with van der Waals surface area (Å²) in [6.07, 6.45) is 41.3. The van der Waals surface area contributed by atoms with E-state index >= 15 is 0 Å². The van der Waals surface area contributed by atoms with Crippen molar-refractivity contribution in [3.8, 4) is 0 Å². The topological polar surface area (TPSA) is 165 Å². The van der Waals surface area contributed by atoms with E-state index in [4.69, 9.17) is 29.2 Å². The standard InChI is InChI=1S/C55H91N4O8P/c1-4-7-10-12-14-16-18-20-22-24-26-28-30-32-34-41-51(60)64-45-47(67-52(61)42-35-33-31-29-27-25-23-21-19-17-15-13-11-8-5-2)46-66-68(62,63)65-44-43-59-50(40-9-6-3)58-53-54(59)48-38-36-37-39-49(48)57-55(53)56/h20-23,36-39,47H,4-19,24-35,40-46H2,1-3H3,(H2,56,57)(H,62,63)/b22-20-,23-21-/t47-/m1/s1. The van der Waals surface area contributed by atoms with Crippen LogP contribution >= 0.6 is 7.82 Å². The van der Waals surface area contributed by atoms with Crippen LogP contribution in [0.5, 0.6) is 0 Å². The number of esters is 2. The number of carbonyl (C=O) groups is 2. The van der Waals surface area contributed by atoms with Gasteiger partial charge < -0.3 is 24.7 Å². The molecule has 1 aromatic carbocycles. The first-order valence-corrected chi connectivity index (χ1v) is 28.5. The Balaban J connectivity index is 1.45. The van der Waals surface area contributed by atoms with Gasteiger partial charge in [0.1, 0.15) is 17.9 Å². The molecule has 3 rings (SSSR count). The zero-order valence-electron chi connectivity index (χ0n) is 42.6. The number of nitrogens with two attached hydrogens (primary N) is 1. The number of benzene rings is 1. The molecule has 1 unspecified atom stereocenters. The molecule has 68 heavy (non-hydrogen) atoms. The second-order valence-corrected chi connectivity index (χ2v) is 20.0. The fourth-order valence-corrected chi connectivity index (χ4v) is 9.17. The third-order valence-electron chi connectivity index (χ3n) is 12.4. The Morgan fingerprint density at radius 3 is 1.71 bits per heavy atom. The van der Waals surface area contributed by atoms with E-state index in [1.54, 1.807) is 0 Å². The molecule has 384 valence electrons. The number of imidazole rings is 1. The van der Waals surface area contributed by atoms with Crippen molar-refractivity contribution in [2.45, 2.75) is 232 Å². The monoisotopic (exact) mass is 967 g/mol. The van der Waals surface area contributed by atoms with Gasteiger partial charge in [-0.3, -0.25) is 18.6 Å². The van der Waals surface area contributed by atoms with Gasteiger partial charge in [0.25, 0.3) is 0 Å². The number of anilines is 1. The molecule has 3 N–H and O–H groups in total. The quantitative estimate of drug-likeness (QED) is 0.0240. The summed E-state index contributed by atoms with van der Waals surface area (Å²) >= 11 is 0. The maximum Gasteiger partial charge on any atom is 0.472 e. The van der Waals surface area contributed by atoms with E-state index in [0.717, 1.165) is 106 Å². The Morgan fingerprint density at radius 2 is 1.15 bits per heavy atom. The maximum absolute atomic E-state index is 13.3. The predicted molar refractivity (Wildman–Crippen MR) is 280 cm³/mol. The van der Waals surface area contributed by atoms with Crippen molar-refractivity contribution in [3.63, 3.8) is 0 Å². The lowest BCUT2D eigenvalue weighted by Gasteiger charge is -2.20. The molecule has 2 aromatic heterocycles. The lowest BCUT2D eigenvalue weighted by Crippen LogP contribution is -2.29. The van der Waals surface area contributed by atoms with Crippen LogP contribution in [-0.4, -0.2) is 57.3 Å². The van der Waals surface area contributed by atoms with E-state index in [1.165, 1.54) is 83.5 Å². The van der Waals surface area contributed by atoms with Gasteiger partial charge in [0.15, 0.2) is 11.9 Å². The Hall–Kier alpha value is -3.57. The summed E-state index contributed by atoms with van der Waals surface area (Å²) in [6, 6.07) is 7.66. The van der Waals surface area contributed by atoms with Crippen LogP contribution in [0.3, 0.4) is 0 Å². The number of allylic oxidation sites excluding steroid dienone is 4. The van der Waals surface area contributed by atoms with Crippen molar-refractivity contribution >= 4 is 47.5 Å². The maximum atomic E-state index is 13.3. The number of rotatable bonds is 43. The van der Waals surface area contributed by atoms with Crippen LogP contribution in [0.15, 0.2) is 48.6 Å². The fourth-order valence-electron chi connectivity index (χ4n) is 8.43. The number of hydrogen-bond acceptors (Lipinski definition) is 10. The number of ether oxygens (including phenoxy) is 2. The summed E-state index contributed by atoms with van der Waals surface area (Å²) in [7, 11) is -4.62. The third-order valence-corrected chi connectivity index (χ3v) is 13.4. The van der Waals surface area contributed by atoms with Gasteiger partial charge in [0.05, 0.1) is 24.2 Å². The molecule has 0 aliphatic carbocycles. The van der Waals surface area contributed by atoms with E-state index in [9.17, 15) is 19.0 Å². The Labute approximate surface area is 410 Å². The van der Waals surface area contributed by atoms with Crippen LogP contribution in [0.2, 0.25) is 0 Å². The van der Waals surface area contributed by atoms with Gasteiger partial charge in [-0.05, 0) is 76.7 Å². The van der Waals surface area contributed by atoms with Gasteiger partial charge in [-0.1, -0.05) is 172 Å². The first kappa shape index (κ1) is 58.7. The summed E-state index contributed by atoms with van der Waals surface area (Å²) in [5, 5.41) is 0.869. The average Bonchev–Trinajstić information content (AvgIpc) is 3.70. The highest BCUT2D eigenvalue weighted by molar-refractivity contribution is 7.47. The Morgan fingerprint density at radius 1 is 0.647 bits per heavy atom. The average molecular weight is 967 g/mol. The molecule has 0 bridgehead atoms. The fraction of sp³-hybridized carbons (Fsp3) is 0.709. The Kier molecular flexibility index (Phi) is 32.2. The molecule has 0 saturated heterocycles. The third kappa shape index (κ3) is 25.9. The molecule has 0 aliphatic heterocycles. The number of unbranched alkanes of at least 4 members (excludes halogenated alkanes) is 23. The van der Waals surface area contributed by atoms with Crippen molar-refractivity contribution in [3.05, 3.63) is 54.4 Å². The van der Waals surface area contributed by atoms with Crippen LogP contribution in [0.25, 0.3) is 21.9 Å². The van der Waals surface area contributed by atoms with E-state index in [-0.39, 0.29) is 32.6 Å². The van der Waals surface area contributed by atoms with Crippen LogP contribution < -0.4 is 5.73 Å². The van der Waals surface area contributed by atoms with Crippen molar-refractivity contribution in [1.29, 1.82) is 0 Å². The molecule has 3 aromatic rings. The van der Waals surface area contributed by atoms with Crippen LogP contribution in [0, 0.1) is 0 Å². The van der Waals surface area contributed by atoms with Crippen LogP contribution in [0.1, 0.15) is 219 Å². The minimum Gasteiger partial charge on any atom is -0.462 e.